The number of nitrogens with one attached hydrogen (secondary N) is 1. The predicted octanol–water partition coefficient (Wildman–Crippen LogP) is 3.63. The quantitative estimate of drug-likeness (QED) is 0.898. The highest BCUT2D eigenvalue weighted by Gasteiger charge is 2.27. The molecule has 104 valence electrons. The Morgan fingerprint density at radius 2 is 1.74 bits per heavy atom. The van der Waals surface area contributed by atoms with Gasteiger partial charge in [-0.3, -0.25) is 4.79 Å². The first-order valence-electron chi connectivity index (χ1n) is 7.30. The summed E-state index contributed by atoms with van der Waals surface area (Å²) < 4.78 is 0. The minimum Gasteiger partial charge on any atom is -0.313 e. The number of hydrogen-bond acceptors (Lipinski definition) is 2. The smallest absolute Gasteiger partial charge is 0.132 e. The molecule has 1 aliphatic rings. The lowest BCUT2D eigenvalue weighted by molar-refractivity contribution is -0.121. The van der Waals surface area contributed by atoms with Crippen molar-refractivity contribution in [2.24, 2.45) is 5.92 Å². The van der Waals surface area contributed by atoms with Crippen molar-refractivity contribution in [2.75, 3.05) is 7.05 Å². The van der Waals surface area contributed by atoms with Gasteiger partial charge in [0.2, 0.25) is 0 Å². The predicted molar refractivity (Wildman–Crippen MR) is 79.4 cm³/mol. The molecule has 2 rings (SSSR count). The van der Waals surface area contributed by atoms with E-state index in [1.54, 1.807) is 0 Å². The molecule has 0 amide bonds. The fourth-order valence-electron chi connectivity index (χ4n) is 3.25. The zero-order chi connectivity index (χ0) is 14.0. The molecular formula is C17H25NO. The van der Waals surface area contributed by atoms with Gasteiger partial charge in [0.05, 0.1) is 0 Å². The Hall–Kier alpha value is -1.15. The van der Waals surface area contributed by atoms with Crippen LogP contribution in [0.2, 0.25) is 0 Å². The van der Waals surface area contributed by atoms with Gasteiger partial charge in [-0.2, -0.15) is 0 Å². The molecule has 2 heteroatoms. The topological polar surface area (TPSA) is 29.1 Å². The first-order valence-corrected chi connectivity index (χ1v) is 7.30. The molecule has 2 nitrogen and oxygen atoms in total. The van der Waals surface area contributed by atoms with Crippen LogP contribution in [0.4, 0.5) is 0 Å². The molecule has 0 aromatic heterocycles. The van der Waals surface area contributed by atoms with Gasteiger partial charge in [0.1, 0.15) is 5.78 Å². The van der Waals surface area contributed by atoms with Crippen LogP contribution in [0.3, 0.4) is 0 Å². The van der Waals surface area contributed by atoms with Crippen molar-refractivity contribution in [3.05, 3.63) is 34.4 Å². The van der Waals surface area contributed by atoms with E-state index >= 15 is 0 Å². The number of rotatable bonds is 3. The lowest BCUT2D eigenvalue weighted by Gasteiger charge is -2.31. The van der Waals surface area contributed by atoms with Gasteiger partial charge in [0, 0.05) is 18.9 Å². The molecule has 19 heavy (non-hydrogen) atoms. The van der Waals surface area contributed by atoms with E-state index in [1.165, 1.54) is 22.3 Å². The molecule has 0 bridgehead atoms. The van der Waals surface area contributed by atoms with Crippen molar-refractivity contribution >= 4 is 5.78 Å². The van der Waals surface area contributed by atoms with E-state index in [-0.39, 0.29) is 0 Å². The number of benzene rings is 1. The molecule has 0 radical (unpaired) electrons. The van der Waals surface area contributed by atoms with Crippen LogP contribution in [0, 0.1) is 26.7 Å². The molecule has 0 aliphatic heterocycles. The maximum absolute atomic E-state index is 11.4. The van der Waals surface area contributed by atoms with Gasteiger partial charge in [0.15, 0.2) is 0 Å². The number of carbonyl (C=O) groups excluding carboxylic acids is 1. The van der Waals surface area contributed by atoms with Crippen LogP contribution in [0.25, 0.3) is 0 Å². The molecule has 0 heterocycles. The van der Waals surface area contributed by atoms with E-state index in [0.717, 1.165) is 25.7 Å². The zero-order valence-corrected chi connectivity index (χ0v) is 12.5. The highest BCUT2D eigenvalue weighted by molar-refractivity contribution is 5.79. The number of hydrogen-bond donors (Lipinski definition) is 1. The van der Waals surface area contributed by atoms with E-state index in [9.17, 15) is 4.79 Å². The van der Waals surface area contributed by atoms with E-state index in [2.05, 4.69) is 38.2 Å². The molecule has 1 aliphatic carbocycles. The third-order valence-electron chi connectivity index (χ3n) is 4.81. The molecule has 1 saturated carbocycles. The fraction of sp³-hybridized carbons (Fsp3) is 0.588. The van der Waals surface area contributed by atoms with Crippen LogP contribution in [0.1, 0.15) is 54.0 Å². The second-order valence-corrected chi connectivity index (χ2v) is 5.86. The molecular weight excluding hydrogens is 234 g/mol. The van der Waals surface area contributed by atoms with Gasteiger partial charge in [-0.15, -0.1) is 0 Å². The Kier molecular flexibility index (Phi) is 4.41. The molecule has 1 N–H and O–H groups in total. The van der Waals surface area contributed by atoms with Crippen molar-refractivity contribution in [2.45, 2.75) is 52.5 Å². The SMILES string of the molecule is CNC(c1ccc(C)c(C)c1C)C1CCC(=O)CC1. The first-order chi connectivity index (χ1) is 9.04. The second-order valence-electron chi connectivity index (χ2n) is 5.86. The van der Waals surface area contributed by atoms with Gasteiger partial charge in [0.25, 0.3) is 0 Å². The number of Topliss-reactive ketones (excluding diaryl/α,β-unsaturated/α-hetero) is 1. The Bertz CT molecular complexity index is 468. The zero-order valence-electron chi connectivity index (χ0n) is 12.5. The van der Waals surface area contributed by atoms with Gasteiger partial charge >= 0.3 is 0 Å². The van der Waals surface area contributed by atoms with Gasteiger partial charge in [-0.05, 0) is 68.8 Å². The Morgan fingerprint density at radius 1 is 1.11 bits per heavy atom. The van der Waals surface area contributed by atoms with Crippen molar-refractivity contribution in [1.82, 2.24) is 5.32 Å². The largest absolute Gasteiger partial charge is 0.313 e. The lowest BCUT2D eigenvalue weighted by atomic mass is 9.79. The van der Waals surface area contributed by atoms with Gasteiger partial charge in [-0.25, -0.2) is 0 Å². The van der Waals surface area contributed by atoms with E-state index in [4.69, 9.17) is 0 Å². The van der Waals surface area contributed by atoms with E-state index < -0.39 is 0 Å². The van der Waals surface area contributed by atoms with E-state index in [0.29, 0.717) is 17.7 Å². The summed E-state index contributed by atoms with van der Waals surface area (Å²) in [6.07, 6.45) is 3.56. The van der Waals surface area contributed by atoms with Crippen LogP contribution in [-0.4, -0.2) is 12.8 Å². The maximum atomic E-state index is 11.4. The van der Waals surface area contributed by atoms with Crippen LogP contribution in [0.15, 0.2) is 12.1 Å². The average molecular weight is 259 g/mol. The minimum atomic E-state index is 0.382. The molecule has 1 aromatic carbocycles. The molecule has 1 atom stereocenters. The summed E-state index contributed by atoms with van der Waals surface area (Å²) in [5.74, 6) is 1.02. The van der Waals surface area contributed by atoms with Crippen LogP contribution < -0.4 is 5.32 Å². The monoisotopic (exact) mass is 259 g/mol. The van der Waals surface area contributed by atoms with E-state index in [1.807, 2.05) is 7.05 Å². The highest BCUT2D eigenvalue weighted by atomic mass is 16.1. The molecule has 1 unspecified atom stereocenters. The molecule has 0 spiro atoms. The Balaban J connectivity index is 2.27. The summed E-state index contributed by atoms with van der Waals surface area (Å²) in [7, 11) is 2.04. The summed E-state index contributed by atoms with van der Waals surface area (Å²) >= 11 is 0. The number of aryl methyl sites for hydroxylation is 1. The first kappa shape index (κ1) is 14.3. The van der Waals surface area contributed by atoms with Gasteiger partial charge < -0.3 is 5.32 Å². The number of ketones is 1. The maximum Gasteiger partial charge on any atom is 0.132 e. The Morgan fingerprint density at radius 3 is 2.32 bits per heavy atom. The fourth-order valence-corrected chi connectivity index (χ4v) is 3.25. The standard InChI is InChI=1S/C17H25NO/c1-11-5-10-16(13(3)12(11)2)17(18-4)14-6-8-15(19)9-7-14/h5,10,14,17-18H,6-9H2,1-4H3. The van der Waals surface area contributed by atoms with Crippen LogP contribution in [0.5, 0.6) is 0 Å². The van der Waals surface area contributed by atoms with Crippen molar-refractivity contribution in [3.63, 3.8) is 0 Å². The summed E-state index contributed by atoms with van der Waals surface area (Å²) in [4.78, 5) is 11.4. The van der Waals surface area contributed by atoms with Crippen LogP contribution >= 0.6 is 0 Å². The van der Waals surface area contributed by atoms with Crippen molar-refractivity contribution in [3.8, 4) is 0 Å². The lowest BCUT2D eigenvalue weighted by Crippen LogP contribution is -2.29. The Labute approximate surface area is 116 Å². The summed E-state index contributed by atoms with van der Waals surface area (Å²) in [6.45, 7) is 6.58. The second kappa shape index (κ2) is 5.87. The molecule has 1 aromatic rings. The van der Waals surface area contributed by atoms with Gasteiger partial charge in [-0.1, -0.05) is 12.1 Å². The summed E-state index contributed by atoms with van der Waals surface area (Å²) in [6, 6.07) is 4.86. The number of carbonyl (C=O) groups is 1. The third kappa shape index (κ3) is 2.89. The van der Waals surface area contributed by atoms with Crippen LogP contribution in [-0.2, 0) is 4.79 Å². The molecule has 0 saturated heterocycles. The highest BCUT2D eigenvalue weighted by Crippen LogP contribution is 2.35. The normalized spacial score (nSPS) is 18.6. The summed E-state index contributed by atoms with van der Waals surface area (Å²) in [5.41, 5.74) is 5.56. The van der Waals surface area contributed by atoms with Crippen molar-refractivity contribution < 1.29 is 4.79 Å². The minimum absolute atomic E-state index is 0.382. The third-order valence-corrected chi connectivity index (χ3v) is 4.81. The molecule has 1 fully saturated rings. The summed E-state index contributed by atoms with van der Waals surface area (Å²) in [5, 5.41) is 3.48. The van der Waals surface area contributed by atoms with Crippen molar-refractivity contribution in [1.29, 1.82) is 0 Å². The average Bonchev–Trinajstić information content (AvgIpc) is 2.41.